The molecule has 0 N–H and O–H groups in total. The average molecular weight is 609 g/mol. The van der Waals surface area contributed by atoms with Crippen molar-refractivity contribution in [1.29, 1.82) is 5.26 Å². The van der Waals surface area contributed by atoms with E-state index in [-0.39, 0.29) is 42.7 Å². The molecule has 3 aromatic heterocycles. The summed E-state index contributed by atoms with van der Waals surface area (Å²) in [4.78, 5) is 33.2. The molecule has 0 amide bonds. The number of ether oxygens (including phenoxy) is 1. The Bertz CT molecular complexity index is 1920. The van der Waals surface area contributed by atoms with Gasteiger partial charge in [-0.05, 0) is 51.3 Å². The molecule has 0 radical (unpaired) electrons. The summed E-state index contributed by atoms with van der Waals surface area (Å²) < 4.78 is 5.18. The SMILES string of the molecule is COC(=O)[C@@H]1[C@@H](C#N)[C@H]2C[C@@H]1C1=C2c2cc3[n-]c(cc4[n-]c(cc5nc(cc1n2)C(C)(C)C5)c(C)c4C)c(C)c3C.[Zn+2]. The van der Waals surface area contributed by atoms with Crippen molar-refractivity contribution in [3.63, 3.8) is 0 Å². The number of fused-ring (bicyclic) bond motifs is 14. The Morgan fingerprint density at radius 2 is 1.43 bits per heavy atom. The van der Waals surface area contributed by atoms with E-state index >= 15 is 0 Å². The summed E-state index contributed by atoms with van der Waals surface area (Å²) in [5.74, 6) is -1.41. The molecule has 10 bridgehead atoms. The number of methoxy groups -OCH3 is 1. The molecule has 8 heteroatoms. The van der Waals surface area contributed by atoms with Gasteiger partial charge in [-0.2, -0.15) is 5.26 Å². The molecule has 4 atom stereocenters. The number of hydrogen-bond donors (Lipinski definition) is 0. The van der Waals surface area contributed by atoms with Crippen LogP contribution in [0.25, 0.3) is 33.2 Å². The van der Waals surface area contributed by atoms with Crippen LogP contribution in [0.1, 0.15) is 65.3 Å². The first-order valence-corrected chi connectivity index (χ1v) is 14.3. The third kappa shape index (κ3) is 3.97. The smallest absolute Gasteiger partial charge is 0.657 e. The Morgan fingerprint density at radius 1 is 0.881 bits per heavy atom. The van der Waals surface area contributed by atoms with Crippen LogP contribution in [-0.2, 0) is 40.8 Å². The summed E-state index contributed by atoms with van der Waals surface area (Å²) in [6, 6.07) is 10.8. The van der Waals surface area contributed by atoms with Gasteiger partial charge in [-0.3, -0.25) is 9.78 Å². The van der Waals surface area contributed by atoms with Crippen LogP contribution in [-0.4, -0.2) is 23.0 Å². The van der Waals surface area contributed by atoms with E-state index in [4.69, 9.17) is 24.7 Å². The summed E-state index contributed by atoms with van der Waals surface area (Å²) in [5, 5.41) is 10.2. The Labute approximate surface area is 258 Å². The van der Waals surface area contributed by atoms with Crippen molar-refractivity contribution in [3.8, 4) is 6.07 Å². The molecule has 1 saturated carbocycles. The zero-order chi connectivity index (χ0) is 29.0. The molecular formula is C34H33N5O2Zn. The molecule has 5 heterocycles. The van der Waals surface area contributed by atoms with E-state index < -0.39 is 11.8 Å². The minimum absolute atomic E-state index is 0. The maximum absolute atomic E-state index is 12.9. The second-order valence-electron chi connectivity index (χ2n) is 12.8. The van der Waals surface area contributed by atoms with E-state index in [0.717, 1.165) is 91.1 Å². The summed E-state index contributed by atoms with van der Waals surface area (Å²) >= 11 is 0. The molecule has 0 spiro atoms. The van der Waals surface area contributed by atoms with Crippen LogP contribution >= 0.6 is 0 Å². The maximum atomic E-state index is 12.9. The van der Waals surface area contributed by atoms with E-state index in [9.17, 15) is 10.1 Å². The van der Waals surface area contributed by atoms with Crippen LogP contribution in [0.15, 0.2) is 24.3 Å². The predicted molar refractivity (Wildman–Crippen MR) is 158 cm³/mol. The molecule has 7 nitrogen and oxygen atoms in total. The van der Waals surface area contributed by atoms with Crippen molar-refractivity contribution in [3.05, 3.63) is 69.3 Å². The standard InChI is InChI=1S/C34H33N5O2.Zn/c1-15-16(2)24-10-25-17(3)18(4)26(38-25)11-27-31-20-9-21(30(22(20)14-35)33(40)41-7)32(31)28(39-27)12-29-34(5,6)13-19(36-29)8-23(15)37-24;/h8,10-12,20-22,30H,9,13H2,1-7H3;/q-2;+2/t20-,21+,22+,30+;/m1./s1. The molecule has 3 aromatic rings. The van der Waals surface area contributed by atoms with Gasteiger partial charge in [0.25, 0.3) is 0 Å². The third-order valence-electron chi connectivity index (χ3n) is 10.1. The minimum Gasteiger partial charge on any atom is -0.657 e. The minimum atomic E-state index is -0.486. The van der Waals surface area contributed by atoms with Crippen molar-refractivity contribution in [2.45, 2.75) is 59.8 Å². The average Bonchev–Trinajstić information content (AvgIpc) is 3.74. The van der Waals surface area contributed by atoms with Crippen LogP contribution in [0.5, 0.6) is 0 Å². The fourth-order valence-electron chi connectivity index (χ4n) is 7.48. The number of aryl methyl sites for hydroxylation is 4. The largest absolute Gasteiger partial charge is 2.00 e. The van der Waals surface area contributed by atoms with Crippen molar-refractivity contribution in [2.24, 2.45) is 23.7 Å². The van der Waals surface area contributed by atoms with Crippen LogP contribution in [0.4, 0.5) is 0 Å². The Hall–Kier alpha value is -3.56. The molecule has 7 rings (SSSR count). The van der Waals surface area contributed by atoms with Crippen LogP contribution < -0.4 is 9.97 Å². The second kappa shape index (κ2) is 9.74. The Balaban J connectivity index is 0.00000316. The Morgan fingerprint density at radius 3 is 2.02 bits per heavy atom. The summed E-state index contributed by atoms with van der Waals surface area (Å²) in [6.45, 7) is 12.8. The number of allylic oxidation sites excluding steroid dienone is 2. The quantitative estimate of drug-likeness (QED) is 0.253. The van der Waals surface area contributed by atoms with Gasteiger partial charge in [-0.1, -0.05) is 54.3 Å². The van der Waals surface area contributed by atoms with Gasteiger partial charge in [-0.25, -0.2) is 4.98 Å². The predicted octanol–water partition coefficient (Wildman–Crippen LogP) is 5.81. The number of hydrogen-bond acceptors (Lipinski definition) is 5. The molecule has 2 aliphatic heterocycles. The fourth-order valence-corrected chi connectivity index (χ4v) is 7.48. The molecule has 4 aliphatic rings. The van der Waals surface area contributed by atoms with Gasteiger partial charge < -0.3 is 14.7 Å². The number of aromatic nitrogens is 4. The van der Waals surface area contributed by atoms with Crippen molar-refractivity contribution >= 4 is 39.2 Å². The van der Waals surface area contributed by atoms with Gasteiger partial charge >= 0.3 is 25.4 Å². The van der Waals surface area contributed by atoms with E-state index in [1.54, 1.807) is 0 Å². The van der Waals surface area contributed by atoms with E-state index in [1.165, 1.54) is 7.11 Å². The topological polar surface area (TPSA) is 104 Å². The number of carbonyl (C=O) groups is 1. The van der Waals surface area contributed by atoms with Crippen LogP contribution in [0.2, 0.25) is 0 Å². The summed E-state index contributed by atoms with van der Waals surface area (Å²) in [6.07, 6.45) is 1.55. The van der Waals surface area contributed by atoms with Crippen LogP contribution in [0.3, 0.4) is 0 Å². The van der Waals surface area contributed by atoms with Gasteiger partial charge in [0, 0.05) is 35.1 Å². The molecule has 0 saturated heterocycles. The van der Waals surface area contributed by atoms with Crippen LogP contribution in [0, 0.1) is 62.7 Å². The molecular weight excluding hydrogens is 576 g/mol. The van der Waals surface area contributed by atoms with Gasteiger partial charge in [0.2, 0.25) is 0 Å². The number of carbonyl (C=O) groups excluding carboxylic acids is 1. The van der Waals surface area contributed by atoms with E-state index in [0.29, 0.717) is 0 Å². The van der Waals surface area contributed by atoms with Gasteiger partial charge in [0.05, 0.1) is 36.4 Å². The number of nitriles is 1. The first-order valence-electron chi connectivity index (χ1n) is 14.3. The number of rotatable bonds is 1. The number of esters is 1. The number of nitrogens with zero attached hydrogens (tertiary/aromatic N) is 5. The molecule has 2 aliphatic carbocycles. The fraction of sp³-hybridized carbons (Fsp3) is 0.412. The zero-order valence-electron chi connectivity index (χ0n) is 25.3. The third-order valence-corrected chi connectivity index (χ3v) is 10.1. The van der Waals surface area contributed by atoms with Crippen molar-refractivity contribution in [2.75, 3.05) is 7.11 Å². The first kappa shape index (κ1) is 28.6. The summed E-state index contributed by atoms with van der Waals surface area (Å²) in [7, 11) is 1.41. The Kier molecular flexibility index (Phi) is 6.62. The monoisotopic (exact) mass is 607 g/mol. The van der Waals surface area contributed by atoms with E-state index in [1.807, 2.05) is 0 Å². The van der Waals surface area contributed by atoms with Crippen molar-refractivity contribution in [1.82, 2.24) is 19.9 Å². The van der Waals surface area contributed by atoms with Gasteiger partial charge in [0.1, 0.15) is 0 Å². The maximum Gasteiger partial charge on any atom is 2.00 e. The van der Waals surface area contributed by atoms with Crippen molar-refractivity contribution < 1.29 is 29.0 Å². The molecule has 42 heavy (non-hydrogen) atoms. The normalized spacial score (nSPS) is 23.4. The van der Waals surface area contributed by atoms with Gasteiger partial charge in [0.15, 0.2) is 0 Å². The molecule has 208 valence electrons. The van der Waals surface area contributed by atoms with E-state index in [2.05, 4.69) is 71.9 Å². The second-order valence-corrected chi connectivity index (χ2v) is 12.8. The first-order chi connectivity index (χ1) is 19.5. The summed E-state index contributed by atoms with van der Waals surface area (Å²) in [5.41, 5.74) is 13.8. The molecule has 0 unspecified atom stereocenters. The molecule has 0 aromatic carbocycles. The van der Waals surface area contributed by atoms with Gasteiger partial charge in [-0.15, -0.1) is 22.1 Å². The zero-order valence-corrected chi connectivity index (χ0v) is 28.3. The molecule has 1 fully saturated rings.